The van der Waals surface area contributed by atoms with E-state index in [4.69, 9.17) is 5.73 Å². The van der Waals surface area contributed by atoms with Crippen molar-refractivity contribution in [1.29, 1.82) is 0 Å². The first-order chi connectivity index (χ1) is 7.09. The molecular weight excluding hydrogens is 228 g/mol. The zero-order valence-corrected chi connectivity index (χ0v) is 10.3. The molecule has 16 heavy (non-hydrogen) atoms. The Morgan fingerprint density at radius 1 is 1.50 bits per heavy atom. The minimum absolute atomic E-state index is 0. The molecule has 1 amide bonds. The minimum Gasteiger partial charge on any atom is -0.397 e. The molecule has 0 atom stereocenters. The molecule has 0 aliphatic carbocycles. The third kappa shape index (κ3) is 4.95. The van der Waals surface area contributed by atoms with E-state index < -0.39 is 0 Å². The molecule has 0 saturated heterocycles. The van der Waals surface area contributed by atoms with Gasteiger partial charge in [-0.05, 0) is 26.2 Å². The molecule has 90 valence electrons. The van der Waals surface area contributed by atoms with Gasteiger partial charge in [0.05, 0.1) is 11.9 Å². The van der Waals surface area contributed by atoms with Gasteiger partial charge in [0.25, 0.3) is 5.91 Å². The first kappa shape index (κ1) is 14.7. The maximum atomic E-state index is 11.5. The highest BCUT2D eigenvalue weighted by molar-refractivity contribution is 5.92. The summed E-state index contributed by atoms with van der Waals surface area (Å²) in [5.74, 6) is -0.170. The third-order valence-electron chi connectivity index (χ3n) is 1.86. The topological polar surface area (TPSA) is 71.2 Å². The average Bonchev–Trinajstić information content (AvgIpc) is 2.18. The van der Waals surface area contributed by atoms with Gasteiger partial charge in [0, 0.05) is 13.1 Å². The van der Waals surface area contributed by atoms with Crippen LogP contribution in [0.25, 0.3) is 0 Å². The molecule has 1 aromatic rings. The highest BCUT2D eigenvalue weighted by Gasteiger charge is 2.05. The van der Waals surface area contributed by atoms with Crippen LogP contribution in [-0.4, -0.2) is 43.0 Å². The number of aromatic nitrogens is 1. The van der Waals surface area contributed by atoms with Crippen LogP contribution in [0.5, 0.6) is 0 Å². The molecular formula is C10H17ClN4O. The van der Waals surface area contributed by atoms with Crippen molar-refractivity contribution < 1.29 is 4.79 Å². The number of hydrogen-bond donors (Lipinski definition) is 2. The number of rotatable bonds is 4. The molecule has 0 radical (unpaired) electrons. The second kappa shape index (κ2) is 7.03. The molecule has 6 heteroatoms. The van der Waals surface area contributed by atoms with Gasteiger partial charge in [0.15, 0.2) is 0 Å². The summed E-state index contributed by atoms with van der Waals surface area (Å²) < 4.78 is 0. The minimum atomic E-state index is -0.170. The van der Waals surface area contributed by atoms with Gasteiger partial charge < -0.3 is 16.0 Å². The Balaban J connectivity index is 0.00000225. The van der Waals surface area contributed by atoms with Crippen molar-refractivity contribution in [2.24, 2.45) is 0 Å². The Morgan fingerprint density at radius 2 is 2.19 bits per heavy atom. The highest BCUT2D eigenvalue weighted by atomic mass is 35.5. The van der Waals surface area contributed by atoms with E-state index in [-0.39, 0.29) is 18.3 Å². The number of carbonyl (C=O) groups is 1. The van der Waals surface area contributed by atoms with Crippen LogP contribution >= 0.6 is 12.4 Å². The van der Waals surface area contributed by atoms with Gasteiger partial charge in [-0.1, -0.05) is 0 Å². The van der Waals surface area contributed by atoms with Crippen LogP contribution < -0.4 is 11.1 Å². The summed E-state index contributed by atoms with van der Waals surface area (Å²) in [5.41, 5.74) is 6.41. The SMILES string of the molecule is CN(C)CCNC(=O)c1ccc(N)cn1.Cl. The lowest BCUT2D eigenvalue weighted by molar-refractivity contribution is 0.0946. The maximum absolute atomic E-state index is 11.5. The Morgan fingerprint density at radius 3 is 2.69 bits per heavy atom. The van der Waals surface area contributed by atoms with Gasteiger partial charge in [-0.25, -0.2) is 4.98 Å². The lowest BCUT2D eigenvalue weighted by Gasteiger charge is -2.09. The monoisotopic (exact) mass is 244 g/mol. The van der Waals surface area contributed by atoms with Gasteiger partial charge in [-0.15, -0.1) is 12.4 Å². The second-order valence-corrected chi connectivity index (χ2v) is 3.54. The van der Waals surface area contributed by atoms with Crippen LogP contribution in [0.4, 0.5) is 5.69 Å². The summed E-state index contributed by atoms with van der Waals surface area (Å²) in [6, 6.07) is 3.27. The van der Waals surface area contributed by atoms with Gasteiger partial charge in [0.2, 0.25) is 0 Å². The molecule has 0 aliphatic rings. The molecule has 0 bridgehead atoms. The number of pyridine rings is 1. The predicted molar refractivity (Wildman–Crippen MR) is 66.8 cm³/mol. The van der Waals surface area contributed by atoms with Crippen molar-refractivity contribution in [3.8, 4) is 0 Å². The van der Waals surface area contributed by atoms with Crippen LogP contribution in [0, 0.1) is 0 Å². The Bertz CT molecular complexity index is 326. The van der Waals surface area contributed by atoms with E-state index in [1.807, 2.05) is 19.0 Å². The van der Waals surface area contributed by atoms with Crippen molar-refractivity contribution in [2.75, 3.05) is 32.9 Å². The number of likely N-dealkylation sites (N-methyl/N-ethyl adjacent to an activating group) is 1. The first-order valence-corrected chi connectivity index (χ1v) is 4.74. The van der Waals surface area contributed by atoms with E-state index in [1.165, 1.54) is 6.20 Å². The number of hydrogen-bond acceptors (Lipinski definition) is 4. The molecule has 0 spiro atoms. The van der Waals surface area contributed by atoms with Crippen LogP contribution in [-0.2, 0) is 0 Å². The van der Waals surface area contributed by atoms with Crippen LogP contribution in [0.3, 0.4) is 0 Å². The summed E-state index contributed by atoms with van der Waals surface area (Å²) in [4.78, 5) is 17.4. The summed E-state index contributed by atoms with van der Waals surface area (Å²) in [6.45, 7) is 1.42. The third-order valence-corrected chi connectivity index (χ3v) is 1.86. The van der Waals surface area contributed by atoms with Crippen LogP contribution in [0.2, 0.25) is 0 Å². The quantitative estimate of drug-likeness (QED) is 0.803. The Kier molecular flexibility index (Phi) is 6.44. The number of nitrogen functional groups attached to an aromatic ring is 1. The summed E-state index contributed by atoms with van der Waals surface area (Å²) in [7, 11) is 3.90. The molecule has 0 aromatic carbocycles. The van der Waals surface area contributed by atoms with Crippen molar-refractivity contribution in [1.82, 2.24) is 15.2 Å². The lowest BCUT2D eigenvalue weighted by Crippen LogP contribution is -2.31. The molecule has 3 N–H and O–H groups in total. The molecule has 5 nitrogen and oxygen atoms in total. The molecule has 1 aromatic heterocycles. The second-order valence-electron chi connectivity index (χ2n) is 3.54. The molecule has 0 saturated carbocycles. The number of nitrogens with one attached hydrogen (secondary N) is 1. The Hall–Kier alpha value is -1.33. The van der Waals surface area contributed by atoms with E-state index in [2.05, 4.69) is 10.3 Å². The summed E-state index contributed by atoms with van der Waals surface area (Å²) >= 11 is 0. The zero-order chi connectivity index (χ0) is 11.3. The van der Waals surface area contributed by atoms with Crippen molar-refractivity contribution in [2.45, 2.75) is 0 Å². The molecule has 1 heterocycles. The molecule has 0 unspecified atom stereocenters. The van der Waals surface area contributed by atoms with Crippen molar-refractivity contribution >= 4 is 24.0 Å². The van der Waals surface area contributed by atoms with Gasteiger partial charge >= 0.3 is 0 Å². The summed E-state index contributed by atoms with van der Waals surface area (Å²) in [6.07, 6.45) is 1.47. The zero-order valence-electron chi connectivity index (χ0n) is 9.43. The highest BCUT2D eigenvalue weighted by Crippen LogP contribution is 2.00. The number of amides is 1. The fourth-order valence-electron chi connectivity index (χ4n) is 1.02. The lowest BCUT2D eigenvalue weighted by atomic mass is 10.3. The van der Waals surface area contributed by atoms with Gasteiger partial charge in [0.1, 0.15) is 5.69 Å². The van der Waals surface area contributed by atoms with E-state index in [9.17, 15) is 4.79 Å². The van der Waals surface area contributed by atoms with E-state index in [1.54, 1.807) is 12.1 Å². The van der Waals surface area contributed by atoms with Crippen LogP contribution in [0.1, 0.15) is 10.5 Å². The van der Waals surface area contributed by atoms with E-state index >= 15 is 0 Å². The fraction of sp³-hybridized carbons (Fsp3) is 0.400. The van der Waals surface area contributed by atoms with Crippen molar-refractivity contribution in [3.05, 3.63) is 24.0 Å². The average molecular weight is 245 g/mol. The van der Waals surface area contributed by atoms with Gasteiger partial charge in [-0.3, -0.25) is 4.79 Å². The number of carbonyl (C=O) groups excluding carboxylic acids is 1. The number of anilines is 1. The largest absolute Gasteiger partial charge is 0.397 e. The fourth-order valence-corrected chi connectivity index (χ4v) is 1.02. The Labute approximate surface area is 101 Å². The molecule has 0 aliphatic heterocycles. The molecule has 0 fully saturated rings. The number of nitrogens with two attached hydrogens (primary N) is 1. The standard InChI is InChI=1S/C10H16N4O.ClH/c1-14(2)6-5-12-10(15)9-4-3-8(11)7-13-9;/h3-4,7H,5-6,11H2,1-2H3,(H,12,15);1H. The molecule has 1 rings (SSSR count). The van der Waals surface area contributed by atoms with E-state index in [0.717, 1.165) is 6.54 Å². The summed E-state index contributed by atoms with van der Waals surface area (Å²) in [5, 5.41) is 2.77. The van der Waals surface area contributed by atoms with Crippen molar-refractivity contribution in [3.63, 3.8) is 0 Å². The smallest absolute Gasteiger partial charge is 0.269 e. The maximum Gasteiger partial charge on any atom is 0.269 e. The van der Waals surface area contributed by atoms with Gasteiger partial charge in [-0.2, -0.15) is 0 Å². The number of halogens is 1. The number of nitrogens with zero attached hydrogens (tertiary/aromatic N) is 2. The first-order valence-electron chi connectivity index (χ1n) is 4.74. The van der Waals surface area contributed by atoms with Crippen LogP contribution in [0.15, 0.2) is 18.3 Å². The predicted octanol–water partition coefficient (Wildman–Crippen LogP) is 0.377. The normalized spacial score (nSPS) is 9.69. The van der Waals surface area contributed by atoms with E-state index in [0.29, 0.717) is 17.9 Å².